The molecule has 5 nitrogen and oxygen atoms in total. The second-order valence-corrected chi connectivity index (χ2v) is 6.00. The fourth-order valence-electron chi connectivity index (χ4n) is 3.49. The van der Waals surface area contributed by atoms with Gasteiger partial charge in [0.2, 0.25) is 5.91 Å². The standard InChI is InChI=1S/C13H22N2O3/c1-6(2)11(13(17)18)15-12(16)9-7-3-4-8(5-7)10(9)14/h6-11H,3-5,14H2,1-2H3,(H,15,16)(H,17,18)/t7?,8?,9?,10?,11-/m0/s1. The van der Waals surface area contributed by atoms with Gasteiger partial charge in [-0.15, -0.1) is 0 Å². The molecule has 0 saturated heterocycles. The van der Waals surface area contributed by atoms with E-state index in [1.54, 1.807) is 13.8 Å². The Bertz CT molecular complexity index is 354. The highest BCUT2D eigenvalue weighted by Gasteiger charge is 2.49. The number of nitrogens with one attached hydrogen (secondary N) is 1. The van der Waals surface area contributed by atoms with Crippen molar-refractivity contribution in [2.45, 2.75) is 45.2 Å². The SMILES string of the molecule is CC(C)[C@H](NC(=O)C1C2CCC(C2)C1N)C(=O)O. The maximum absolute atomic E-state index is 12.2. The van der Waals surface area contributed by atoms with Gasteiger partial charge in [0, 0.05) is 6.04 Å². The van der Waals surface area contributed by atoms with Crippen LogP contribution in [0, 0.1) is 23.7 Å². The summed E-state index contributed by atoms with van der Waals surface area (Å²) >= 11 is 0. The summed E-state index contributed by atoms with van der Waals surface area (Å²) in [6.45, 7) is 3.58. The van der Waals surface area contributed by atoms with E-state index in [1.165, 1.54) is 0 Å². The smallest absolute Gasteiger partial charge is 0.326 e. The van der Waals surface area contributed by atoms with Crippen LogP contribution in [0.15, 0.2) is 0 Å². The van der Waals surface area contributed by atoms with E-state index in [9.17, 15) is 9.59 Å². The quantitative estimate of drug-likeness (QED) is 0.684. The molecule has 0 aromatic rings. The molecule has 18 heavy (non-hydrogen) atoms. The first-order valence-corrected chi connectivity index (χ1v) is 6.70. The molecule has 0 aromatic heterocycles. The Morgan fingerprint density at radius 1 is 1.28 bits per heavy atom. The Balaban J connectivity index is 2.01. The van der Waals surface area contributed by atoms with Gasteiger partial charge in [-0.1, -0.05) is 13.8 Å². The number of fused-ring (bicyclic) bond motifs is 2. The first-order valence-electron chi connectivity index (χ1n) is 6.70. The summed E-state index contributed by atoms with van der Waals surface area (Å²) in [5.41, 5.74) is 6.08. The van der Waals surface area contributed by atoms with Crippen LogP contribution in [0.3, 0.4) is 0 Å². The number of aliphatic carboxylic acids is 1. The van der Waals surface area contributed by atoms with Gasteiger partial charge in [-0.25, -0.2) is 4.79 Å². The summed E-state index contributed by atoms with van der Waals surface area (Å²) in [6, 6.07) is -0.908. The first kappa shape index (κ1) is 13.3. The summed E-state index contributed by atoms with van der Waals surface area (Å²) < 4.78 is 0. The third-order valence-corrected chi connectivity index (χ3v) is 4.51. The molecule has 2 saturated carbocycles. The minimum absolute atomic E-state index is 0.0923. The van der Waals surface area contributed by atoms with Crippen molar-refractivity contribution in [2.75, 3.05) is 0 Å². The van der Waals surface area contributed by atoms with Gasteiger partial charge >= 0.3 is 5.97 Å². The van der Waals surface area contributed by atoms with Gasteiger partial charge in [-0.05, 0) is 37.0 Å². The Kier molecular flexibility index (Phi) is 3.61. The molecule has 0 spiro atoms. The van der Waals surface area contributed by atoms with E-state index in [0.29, 0.717) is 11.8 Å². The van der Waals surface area contributed by atoms with Crippen LogP contribution in [0.5, 0.6) is 0 Å². The highest BCUT2D eigenvalue weighted by molar-refractivity contribution is 5.86. The van der Waals surface area contributed by atoms with E-state index in [0.717, 1.165) is 19.3 Å². The average molecular weight is 254 g/mol. The molecular weight excluding hydrogens is 232 g/mol. The second-order valence-electron chi connectivity index (χ2n) is 6.00. The first-order chi connectivity index (χ1) is 8.41. The molecule has 2 aliphatic carbocycles. The molecule has 4 N–H and O–H groups in total. The molecule has 0 aromatic carbocycles. The zero-order valence-electron chi connectivity index (χ0n) is 10.9. The summed E-state index contributed by atoms with van der Waals surface area (Å²) in [6.07, 6.45) is 3.19. The van der Waals surface area contributed by atoms with Crippen LogP contribution < -0.4 is 11.1 Å². The van der Waals surface area contributed by atoms with Crippen LogP contribution in [0.4, 0.5) is 0 Å². The molecule has 102 valence electrons. The topological polar surface area (TPSA) is 92.4 Å². The fraction of sp³-hybridized carbons (Fsp3) is 0.846. The average Bonchev–Trinajstić information content (AvgIpc) is 2.84. The minimum Gasteiger partial charge on any atom is -0.480 e. The Labute approximate surface area is 107 Å². The van der Waals surface area contributed by atoms with Crippen molar-refractivity contribution in [1.29, 1.82) is 0 Å². The number of hydrogen-bond acceptors (Lipinski definition) is 3. The number of amides is 1. The Morgan fingerprint density at radius 3 is 2.33 bits per heavy atom. The van der Waals surface area contributed by atoms with Gasteiger partial charge in [0.15, 0.2) is 0 Å². The molecule has 0 aliphatic heterocycles. The summed E-state index contributed by atoms with van der Waals surface area (Å²) in [7, 11) is 0. The summed E-state index contributed by atoms with van der Waals surface area (Å²) in [5.74, 6) is -0.656. The van der Waals surface area contributed by atoms with E-state index in [1.807, 2.05) is 0 Å². The lowest BCUT2D eigenvalue weighted by Crippen LogP contribution is -2.51. The molecule has 0 radical (unpaired) electrons. The molecule has 4 unspecified atom stereocenters. The van der Waals surface area contributed by atoms with E-state index in [4.69, 9.17) is 10.8 Å². The van der Waals surface area contributed by atoms with Gasteiger partial charge in [0.05, 0.1) is 5.92 Å². The van der Waals surface area contributed by atoms with Gasteiger partial charge < -0.3 is 16.2 Å². The predicted octanol–water partition coefficient (Wildman–Crippen LogP) is 0.585. The fourth-order valence-corrected chi connectivity index (χ4v) is 3.49. The maximum Gasteiger partial charge on any atom is 0.326 e. The van der Waals surface area contributed by atoms with Crippen molar-refractivity contribution in [3.63, 3.8) is 0 Å². The van der Waals surface area contributed by atoms with E-state index in [-0.39, 0.29) is 23.8 Å². The van der Waals surface area contributed by atoms with E-state index >= 15 is 0 Å². The number of carboxylic acid groups (broad SMARTS) is 1. The molecule has 2 rings (SSSR count). The number of carbonyl (C=O) groups excluding carboxylic acids is 1. The van der Waals surface area contributed by atoms with Crippen LogP contribution in [-0.2, 0) is 9.59 Å². The molecule has 5 atom stereocenters. The zero-order chi connectivity index (χ0) is 13.4. The third kappa shape index (κ3) is 2.23. The summed E-state index contributed by atoms with van der Waals surface area (Å²) in [4.78, 5) is 23.3. The van der Waals surface area contributed by atoms with Crippen molar-refractivity contribution in [3.05, 3.63) is 0 Å². The molecule has 1 amide bonds. The maximum atomic E-state index is 12.2. The van der Waals surface area contributed by atoms with Crippen LogP contribution in [0.2, 0.25) is 0 Å². The predicted molar refractivity (Wildman–Crippen MR) is 66.7 cm³/mol. The second kappa shape index (κ2) is 4.88. The van der Waals surface area contributed by atoms with Crippen LogP contribution >= 0.6 is 0 Å². The van der Waals surface area contributed by atoms with Gasteiger partial charge in [0.1, 0.15) is 6.04 Å². The highest BCUT2D eigenvalue weighted by atomic mass is 16.4. The Morgan fingerprint density at radius 2 is 1.89 bits per heavy atom. The number of rotatable bonds is 4. The van der Waals surface area contributed by atoms with Crippen molar-refractivity contribution in [2.24, 2.45) is 29.4 Å². The van der Waals surface area contributed by atoms with Crippen molar-refractivity contribution in [3.8, 4) is 0 Å². The van der Waals surface area contributed by atoms with Crippen LogP contribution in [0.1, 0.15) is 33.1 Å². The lowest BCUT2D eigenvalue weighted by atomic mass is 9.84. The van der Waals surface area contributed by atoms with Gasteiger partial charge in [0.25, 0.3) is 0 Å². The minimum atomic E-state index is -0.977. The van der Waals surface area contributed by atoms with Crippen LogP contribution in [-0.4, -0.2) is 29.1 Å². The van der Waals surface area contributed by atoms with Gasteiger partial charge in [-0.2, -0.15) is 0 Å². The molecular formula is C13H22N2O3. The van der Waals surface area contributed by atoms with Crippen molar-refractivity contribution >= 4 is 11.9 Å². The molecule has 5 heteroatoms. The largest absolute Gasteiger partial charge is 0.480 e. The van der Waals surface area contributed by atoms with E-state index < -0.39 is 12.0 Å². The highest BCUT2D eigenvalue weighted by Crippen LogP contribution is 2.47. The number of hydrogen-bond donors (Lipinski definition) is 3. The van der Waals surface area contributed by atoms with Crippen LogP contribution in [0.25, 0.3) is 0 Å². The molecule has 2 aliphatic rings. The lowest BCUT2D eigenvalue weighted by Gasteiger charge is -2.29. The number of carbonyl (C=O) groups is 2. The molecule has 0 heterocycles. The van der Waals surface area contributed by atoms with E-state index in [2.05, 4.69) is 5.32 Å². The molecule has 2 bridgehead atoms. The zero-order valence-corrected chi connectivity index (χ0v) is 10.9. The molecule has 2 fully saturated rings. The summed E-state index contributed by atoms with van der Waals surface area (Å²) in [5, 5.41) is 11.7. The normalized spacial score (nSPS) is 35.8. The third-order valence-electron chi connectivity index (χ3n) is 4.51. The monoisotopic (exact) mass is 254 g/mol. The van der Waals surface area contributed by atoms with Crippen molar-refractivity contribution < 1.29 is 14.7 Å². The number of carboxylic acids is 1. The Hall–Kier alpha value is -1.10. The number of nitrogens with two attached hydrogens (primary N) is 1. The van der Waals surface area contributed by atoms with Crippen molar-refractivity contribution in [1.82, 2.24) is 5.32 Å². The lowest BCUT2D eigenvalue weighted by molar-refractivity contribution is -0.144. The van der Waals surface area contributed by atoms with Gasteiger partial charge in [-0.3, -0.25) is 4.79 Å².